The molecule has 0 radical (unpaired) electrons. The van der Waals surface area contributed by atoms with Gasteiger partial charge in [-0.05, 0) is 29.5 Å². The van der Waals surface area contributed by atoms with Crippen LogP contribution in [0.1, 0.15) is 49.2 Å². The lowest BCUT2D eigenvalue weighted by molar-refractivity contribution is -0.385. The van der Waals surface area contributed by atoms with E-state index in [1.165, 1.54) is 23.8 Å². The summed E-state index contributed by atoms with van der Waals surface area (Å²) in [6.45, 7) is 8.17. The maximum absolute atomic E-state index is 12.2. The summed E-state index contributed by atoms with van der Waals surface area (Å²) in [4.78, 5) is 22.6. The van der Waals surface area contributed by atoms with Gasteiger partial charge < -0.3 is 0 Å². The van der Waals surface area contributed by atoms with Crippen molar-refractivity contribution in [3.63, 3.8) is 0 Å². The number of nitrogens with zero attached hydrogens (tertiary/aromatic N) is 2. The minimum absolute atomic E-state index is 0.0212. The van der Waals surface area contributed by atoms with Crippen LogP contribution in [0.5, 0.6) is 0 Å². The van der Waals surface area contributed by atoms with Crippen molar-refractivity contribution in [2.45, 2.75) is 33.1 Å². The number of benzene rings is 2. The van der Waals surface area contributed by atoms with Gasteiger partial charge in [-0.3, -0.25) is 14.9 Å². The summed E-state index contributed by atoms with van der Waals surface area (Å²) >= 11 is 0. The van der Waals surface area contributed by atoms with Gasteiger partial charge in [-0.25, -0.2) is 5.43 Å². The highest BCUT2D eigenvalue weighted by Crippen LogP contribution is 2.22. The Morgan fingerprint density at radius 1 is 1.08 bits per heavy atom. The molecular formula is C19H21N3O3. The Morgan fingerprint density at radius 2 is 1.68 bits per heavy atom. The Kier molecular flexibility index (Phi) is 5.32. The molecular weight excluding hydrogens is 318 g/mol. The Bertz CT molecular complexity index is 819. The largest absolute Gasteiger partial charge is 0.282 e. The zero-order valence-corrected chi connectivity index (χ0v) is 14.7. The molecule has 2 aromatic rings. The molecule has 0 heterocycles. The third-order valence-corrected chi connectivity index (χ3v) is 3.84. The number of carbonyl (C=O) groups excluding carboxylic acids is 1. The molecule has 0 saturated heterocycles. The van der Waals surface area contributed by atoms with E-state index in [1.807, 2.05) is 24.3 Å². The highest BCUT2D eigenvalue weighted by atomic mass is 16.6. The van der Waals surface area contributed by atoms with Crippen molar-refractivity contribution in [2.75, 3.05) is 0 Å². The molecule has 0 aliphatic rings. The van der Waals surface area contributed by atoms with Crippen LogP contribution in [-0.4, -0.2) is 16.5 Å². The second kappa shape index (κ2) is 7.25. The lowest BCUT2D eigenvalue weighted by atomic mass is 9.86. The second-order valence-electron chi connectivity index (χ2n) is 6.74. The van der Waals surface area contributed by atoms with E-state index in [0.29, 0.717) is 5.71 Å². The maximum atomic E-state index is 12.2. The summed E-state index contributed by atoms with van der Waals surface area (Å²) in [5.41, 5.74) is 4.86. The van der Waals surface area contributed by atoms with E-state index in [-0.39, 0.29) is 16.7 Å². The average Bonchev–Trinajstić information content (AvgIpc) is 2.58. The molecule has 2 rings (SSSR count). The van der Waals surface area contributed by atoms with Crippen molar-refractivity contribution in [3.05, 3.63) is 75.3 Å². The predicted octanol–water partition coefficient (Wildman–Crippen LogP) is 4.05. The lowest BCUT2D eigenvalue weighted by Crippen LogP contribution is -2.20. The number of hydrazone groups is 1. The first-order chi connectivity index (χ1) is 11.7. The fourth-order valence-electron chi connectivity index (χ4n) is 2.30. The Balaban J connectivity index is 2.16. The van der Waals surface area contributed by atoms with E-state index < -0.39 is 10.8 Å². The van der Waals surface area contributed by atoms with Crippen molar-refractivity contribution in [2.24, 2.45) is 5.10 Å². The quantitative estimate of drug-likeness (QED) is 0.518. The van der Waals surface area contributed by atoms with Crippen LogP contribution in [-0.2, 0) is 5.41 Å². The number of amides is 1. The number of hydrogen-bond donors (Lipinski definition) is 1. The van der Waals surface area contributed by atoms with E-state index in [1.54, 1.807) is 13.0 Å². The van der Waals surface area contributed by atoms with Gasteiger partial charge in [0.1, 0.15) is 5.56 Å². The molecule has 1 N–H and O–H groups in total. The molecule has 0 atom stereocenters. The molecule has 25 heavy (non-hydrogen) atoms. The van der Waals surface area contributed by atoms with Gasteiger partial charge in [0.15, 0.2) is 0 Å². The smallest absolute Gasteiger partial charge is 0.267 e. The van der Waals surface area contributed by atoms with Crippen LogP contribution in [0, 0.1) is 10.1 Å². The van der Waals surface area contributed by atoms with Crippen LogP contribution in [0.25, 0.3) is 0 Å². The third-order valence-electron chi connectivity index (χ3n) is 3.84. The number of nitro groups is 1. The summed E-state index contributed by atoms with van der Waals surface area (Å²) in [5, 5.41) is 15.0. The van der Waals surface area contributed by atoms with E-state index in [2.05, 4.69) is 31.3 Å². The first-order valence-electron chi connectivity index (χ1n) is 7.89. The molecule has 0 aliphatic heterocycles. The van der Waals surface area contributed by atoms with Crippen LogP contribution in [0.3, 0.4) is 0 Å². The van der Waals surface area contributed by atoms with Crippen LogP contribution >= 0.6 is 0 Å². The van der Waals surface area contributed by atoms with Gasteiger partial charge in [0.25, 0.3) is 11.6 Å². The lowest BCUT2D eigenvalue weighted by Gasteiger charge is -2.19. The van der Waals surface area contributed by atoms with Crippen molar-refractivity contribution in [3.8, 4) is 0 Å². The molecule has 6 heteroatoms. The molecule has 0 spiro atoms. The van der Waals surface area contributed by atoms with Gasteiger partial charge in [-0.1, -0.05) is 57.2 Å². The summed E-state index contributed by atoms with van der Waals surface area (Å²) in [5.74, 6) is -0.613. The van der Waals surface area contributed by atoms with Crippen molar-refractivity contribution < 1.29 is 9.72 Å². The van der Waals surface area contributed by atoms with Gasteiger partial charge in [0.05, 0.1) is 10.6 Å². The number of carbonyl (C=O) groups is 1. The maximum Gasteiger partial charge on any atom is 0.282 e. The fraction of sp³-hybridized carbons (Fsp3) is 0.263. The highest BCUT2D eigenvalue weighted by Gasteiger charge is 2.19. The number of nitrogens with one attached hydrogen (secondary N) is 1. The topological polar surface area (TPSA) is 84.6 Å². The predicted molar refractivity (Wildman–Crippen MR) is 97.9 cm³/mol. The van der Waals surface area contributed by atoms with E-state index in [0.717, 1.165) is 5.56 Å². The summed E-state index contributed by atoms with van der Waals surface area (Å²) in [7, 11) is 0. The standard InChI is InChI=1S/C19H21N3O3/c1-13(14-9-11-15(12-10-14)19(2,3)4)20-21-18(23)16-7-5-6-8-17(16)22(24)25/h5-12H,1-4H3,(H,21,23). The van der Waals surface area contributed by atoms with Crippen molar-refractivity contribution in [1.82, 2.24) is 5.43 Å². The van der Waals surface area contributed by atoms with Gasteiger partial charge in [-0.2, -0.15) is 5.10 Å². The van der Waals surface area contributed by atoms with Crippen LogP contribution in [0.2, 0.25) is 0 Å². The number of rotatable bonds is 4. The number of hydrogen-bond acceptors (Lipinski definition) is 4. The molecule has 0 saturated carbocycles. The average molecular weight is 339 g/mol. The highest BCUT2D eigenvalue weighted by molar-refractivity contribution is 6.02. The molecule has 0 aromatic heterocycles. The molecule has 6 nitrogen and oxygen atoms in total. The van der Waals surface area contributed by atoms with Crippen LogP contribution < -0.4 is 5.43 Å². The second-order valence-corrected chi connectivity index (χ2v) is 6.74. The van der Waals surface area contributed by atoms with Gasteiger partial charge in [0, 0.05) is 6.07 Å². The summed E-state index contributed by atoms with van der Waals surface area (Å²) in [6.07, 6.45) is 0. The van der Waals surface area contributed by atoms with Gasteiger partial charge >= 0.3 is 0 Å². The molecule has 2 aromatic carbocycles. The Hall–Kier alpha value is -3.02. The van der Waals surface area contributed by atoms with E-state index in [9.17, 15) is 14.9 Å². The molecule has 0 unspecified atom stereocenters. The normalized spacial score (nSPS) is 11.9. The monoisotopic (exact) mass is 339 g/mol. The minimum Gasteiger partial charge on any atom is -0.267 e. The zero-order chi connectivity index (χ0) is 18.6. The molecule has 1 amide bonds. The van der Waals surface area contributed by atoms with Crippen LogP contribution in [0.4, 0.5) is 5.69 Å². The minimum atomic E-state index is -0.613. The van der Waals surface area contributed by atoms with E-state index in [4.69, 9.17) is 0 Å². The first kappa shape index (κ1) is 18.3. The zero-order valence-electron chi connectivity index (χ0n) is 14.7. The third kappa shape index (κ3) is 4.50. The van der Waals surface area contributed by atoms with Crippen LogP contribution in [0.15, 0.2) is 53.6 Å². The SMILES string of the molecule is CC(=NNC(=O)c1ccccc1[N+](=O)[O-])c1ccc(C(C)(C)C)cc1. The van der Waals surface area contributed by atoms with Gasteiger partial charge in [-0.15, -0.1) is 0 Å². The summed E-state index contributed by atoms with van der Waals surface area (Å²) < 4.78 is 0. The van der Waals surface area contributed by atoms with Crippen molar-refractivity contribution in [1.29, 1.82) is 0 Å². The molecule has 0 aliphatic carbocycles. The Morgan fingerprint density at radius 3 is 2.24 bits per heavy atom. The van der Waals surface area contributed by atoms with Gasteiger partial charge in [0.2, 0.25) is 0 Å². The fourth-order valence-corrected chi connectivity index (χ4v) is 2.30. The first-order valence-corrected chi connectivity index (χ1v) is 7.89. The number of nitro benzene ring substituents is 1. The van der Waals surface area contributed by atoms with Crippen molar-refractivity contribution >= 4 is 17.3 Å². The summed E-state index contributed by atoms with van der Waals surface area (Å²) in [6, 6.07) is 13.7. The number of para-hydroxylation sites is 1. The Labute approximate surface area is 146 Å². The molecule has 0 fully saturated rings. The molecule has 130 valence electrons. The molecule has 0 bridgehead atoms. The van der Waals surface area contributed by atoms with E-state index >= 15 is 0 Å².